The van der Waals surface area contributed by atoms with Crippen LogP contribution in [0.15, 0.2) is 42.5 Å². The smallest absolute Gasteiger partial charge is 0.303 e. The molecule has 1 aliphatic rings. The van der Waals surface area contributed by atoms with Crippen LogP contribution in [0, 0.1) is 11.3 Å². The summed E-state index contributed by atoms with van der Waals surface area (Å²) in [4.78, 5) is 14.1. The van der Waals surface area contributed by atoms with Crippen molar-refractivity contribution < 1.29 is 19.4 Å². The lowest BCUT2D eigenvalue weighted by molar-refractivity contribution is -0.137. The van der Waals surface area contributed by atoms with Crippen LogP contribution in [0.4, 0.5) is 17.1 Å². The van der Waals surface area contributed by atoms with Crippen LogP contribution in [0.2, 0.25) is 0 Å². The number of carboxylic acid groups (broad SMARTS) is 1. The molecule has 1 saturated heterocycles. The molecule has 2 N–H and O–H groups in total. The van der Waals surface area contributed by atoms with Crippen molar-refractivity contribution in [1.82, 2.24) is 0 Å². The number of nitrogens with zero attached hydrogens (tertiary/aromatic N) is 2. The van der Waals surface area contributed by atoms with Crippen molar-refractivity contribution in [3.8, 4) is 6.07 Å². The van der Waals surface area contributed by atoms with Crippen molar-refractivity contribution in [1.29, 1.82) is 5.26 Å². The summed E-state index contributed by atoms with van der Waals surface area (Å²) >= 11 is 0. The number of aliphatic carboxylic acids is 1. The van der Waals surface area contributed by atoms with Crippen LogP contribution in [0.1, 0.15) is 63.5 Å². The Morgan fingerprint density at radius 3 is 2.54 bits per heavy atom. The molecule has 2 aromatic carbocycles. The van der Waals surface area contributed by atoms with Gasteiger partial charge in [-0.15, -0.1) is 0 Å². The minimum Gasteiger partial charge on any atom is -0.481 e. The number of ether oxygens (including phenoxy) is 2. The zero-order valence-electron chi connectivity index (χ0n) is 21.0. The number of hydrogen-bond acceptors (Lipinski definition) is 6. The van der Waals surface area contributed by atoms with E-state index >= 15 is 0 Å². The molecule has 35 heavy (non-hydrogen) atoms. The molecule has 0 saturated carbocycles. The number of carbonyl (C=O) groups is 1. The van der Waals surface area contributed by atoms with E-state index in [1.807, 2.05) is 26.0 Å². The van der Waals surface area contributed by atoms with Gasteiger partial charge < -0.3 is 24.8 Å². The topological polar surface area (TPSA) is 94.8 Å². The Balaban J connectivity index is 1.96. The zero-order valence-corrected chi connectivity index (χ0v) is 21.0. The van der Waals surface area contributed by atoms with Crippen molar-refractivity contribution in [2.75, 3.05) is 36.6 Å². The zero-order chi connectivity index (χ0) is 25.2. The number of nitriles is 1. The van der Waals surface area contributed by atoms with Crippen LogP contribution >= 0.6 is 0 Å². The molecule has 0 unspecified atom stereocenters. The standard InChI is InChI=1S/C28H37N3O4/c1-4-31(25-12-14-34-15-13-25)27-10-7-22(23(18-28(32)33)11-16-35-20(2)3)17-26(27)30-24-8-5-21(19-29)6-9-24/h5-10,17,20,23,25,30H,4,11-16,18H2,1-3H3,(H,32,33)/t23-/m1/s1. The van der Waals surface area contributed by atoms with Crippen LogP contribution in [0.3, 0.4) is 0 Å². The molecule has 0 aliphatic carbocycles. The molecule has 3 rings (SSSR count). The van der Waals surface area contributed by atoms with Gasteiger partial charge in [-0.3, -0.25) is 4.79 Å². The van der Waals surface area contributed by atoms with Gasteiger partial charge in [0.2, 0.25) is 0 Å². The lowest BCUT2D eigenvalue weighted by atomic mass is 9.91. The van der Waals surface area contributed by atoms with Crippen LogP contribution < -0.4 is 10.2 Å². The molecule has 7 heteroatoms. The number of anilines is 3. The van der Waals surface area contributed by atoms with Crippen molar-refractivity contribution in [2.24, 2.45) is 0 Å². The van der Waals surface area contributed by atoms with Crippen molar-refractivity contribution in [3.63, 3.8) is 0 Å². The summed E-state index contributed by atoms with van der Waals surface area (Å²) in [7, 11) is 0. The van der Waals surface area contributed by atoms with E-state index in [1.54, 1.807) is 12.1 Å². The largest absolute Gasteiger partial charge is 0.481 e. The van der Waals surface area contributed by atoms with Gasteiger partial charge in [-0.1, -0.05) is 6.07 Å². The summed E-state index contributed by atoms with van der Waals surface area (Å²) in [6.07, 6.45) is 2.74. The van der Waals surface area contributed by atoms with Crippen LogP contribution in [-0.2, 0) is 14.3 Å². The molecule has 1 fully saturated rings. The Hall–Kier alpha value is -3.08. The van der Waals surface area contributed by atoms with Crippen molar-refractivity contribution >= 4 is 23.0 Å². The number of benzene rings is 2. The highest BCUT2D eigenvalue weighted by Crippen LogP contribution is 2.36. The lowest BCUT2D eigenvalue weighted by Gasteiger charge is -2.37. The van der Waals surface area contributed by atoms with Crippen LogP contribution in [0.5, 0.6) is 0 Å². The van der Waals surface area contributed by atoms with Crippen molar-refractivity contribution in [3.05, 3.63) is 53.6 Å². The summed E-state index contributed by atoms with van der Waals surface area (Å²) in [5.41, 5.74) is 4.47. The maximum atomic E-state index is 11.6. The summed E-state index contributed by atoms with van der Waals surface area (Å²) in [6, 6.07) is 16.2. The first-order chi connectivity index (χ1) is 16.9. The monoisotopic (exact) mass is 479 g/mol. The molecule has 0 amide bonds. The van der Waals surface area contributed by atoms with Gasteiger partial charge in [0.05, 0.1) is 35.5 Å². The first-order valence-electron chi connectivity index (χ1n) is 12.5. The molecule has 1 atom stereocenters. The maximum Gasteiger partial charge on any atom is 0.303 e. The normalized spacial score (nSPS) is 14.9. The molecule has 2 aromatic rings. The molecule has 1 heterocycles. The van der Waals surface area contributed by atoms with Gasteiger partial charge in [0, 0.05) is 38.1 Å². The van der Waals surface area contributed by atoms with E-state index in [0.29, 0.717) is 24.6 Å². The Bertz CT molecular complexity index is 994. The summed E-state index contributed by atoms with van der Waals surface area (Å²) in [6.45, 7) is 9.01. The highest BCUT2D eigenvalue weighted by atomic mass is 16.5. The Labute approximate surface area is 208 Å². The van der Waals surface area contributed by atoms with E-state index in [2.05, 4.69) is 41.4 Å². The molecule has 0 radical (unpaired) electrons. The molecular formula is C28H37N3O4. The first-order valence-corrected chi connectivity index (χ1v) is 12.5. The van der Waals surface area contributed by atoms with Gasteiger partial charge in [-0.05, 0) is 87.9 Å². The third-order valence-electron chi connectivity index (χ3n) is 6.41. The van der Waals surface area contributed by atoms with Gasteiger partial charge in [-0.2, -0.15) is 5.26 Å². The van der Waals surface area contributed by atoms with E-state index in [1.165, 1.54) is 0 Å². The number of carboxylic acids is 1. The molecule has 188 valence electrons. The summed E-state index contributed by atoms with van der Waals surface area (Å²) < 4.78 is 11.3. The van der Waals surface area contributed by atoms with Crippen LogP contribution in [-0.4, -0.2) is 49.6 Å². The molecule has 0 aromatic heterocycles. The SMILES string of the molecule is CCN(c1ccc([C@H](CCOC(C)C)CC(=O)O)cc1Nc1ccc(C#N)cc1)C1CCOCC1. The fraction of sp³-hybridized carbons (Fsp3) is 0.500. The molecular weight excluding hydrogens is 442 g/mol. The summed E-state index contributed by atoms with van der Waals surface area (Å²) in [5.74, 6) is -0.970. The van der Waals surface area contributed by atoms with E-state index < -0.39 is 5.97 Å². The predicted molar refractivity (Wildman–Crippen MR) is 138 cm³/mol. The fourth-order valence-corrected chi connectivity index (χ4v) is 4.61. The number of rotatable bonds is 12. The Morgan fingerprint density at radius 1 is 1.23 bits per heavy atom. The highest BCUT2D eigenvalue weighted by molar-refractivity contribution is 5.77. The van der Waals surface area contributed by atoms with Gasteiger partial charge in [0.25, 0.3) is 0 Å². The second-order valence-electron chi connectivity index (χ2n) is 9.22. The van der Waals surface area contributed by atoms with E-state index in [0.717, 1.165) is 55.2 Å². The molecule has 1 aliphatic heterocycles. The second kappa shape index (κ2) is 13.1. The minimum atomic E-state index is -0.817. The average Bonchev–Trinajstić information content (AvgIpc) is 2.85. The molecule has 0 spiro atoms. The molecule has 7 nitrogen and oxygen atoms in total. The third kappa shape index (κ3) is 7.71. The lowest BCUT2D eigenvalue weighted by Crippen LogP contribution is -2.39. The molecule has 0 bridgehead atoms. The van der Waals surface area contributed by atoms with Crippen molar-refractivity contribution in [2.45, 2.75) is 64.5 Å². The third-order valence-corrected chi connectivity index (χ3v) is 6.41. The predicted octanol–water partition coefficient (Wildman–Crippen LogP) is 5.68. The van der Waals surface area contributed by atoms with Crippen LogP contribution in [0.25, 0.3) is 0 Å². The fourth-order valence-electron chi connectivity index (χ4n) is 4.61. The average molecular weight is 480 g/mol. The van der Waals surface area contributed by atoms with Gasteiger partial charge in [-0.25, -0.2) is 0 Å². The van der Waals surface area contributed by atoms with Gasteiger partial charge >= 0.3 is 5.97 Å². The number of nitrogens with one attached hydrogen (secondary N) is 1. The quantitative estimate of drug-likeness (QED) is 0.404. The highest BCUT2D eigenvalue weighted by Gasteiger charge is 2.24. The first kappa shape index (κ1) is 26.5. The van der Waals surface area contributed by atoms with E-state index in [4.69, 9.17) is 14.7 Å². The minimum absolute atomic E-state index is 0.0502. The Kier molecular flexibility index (Phi) is 9.95. The summed E-state index contributed by atoms with van der Waals surface area (Å²) in [5, 5.41) is 22.2. The van der Waals surface area contributed by atoms with E-state index in [-0.39, 0.29) is 18.4 Å². The van der Waals surface area contributed by atoms with Gasteiger partial charge in [0.15, 0.2) is 0 Å². The maximum absolute atomic E-state index is 11.6. The van der Waals surface area contributed by atoms with Gasteiger partial charge in [0.1, 0.15) is 0 Å². The number of hydrogen-bond donors (Lipinski definition) is 2. The Morgan fingerprint density at radius 2 is 1.94 bits per heavy atom. The second-order valence-corrected chi connectivity index (χ2v) is 9.22. The van der Waals surface area contributed by atoms with E-state index in [9.17, 15) is 9.90 Å².